The van der Waals surface area contributed by atoms with Crippen molar-refractivity contribution in [1.82, 2.24) is 14.6 Å². The Labute approximate surface area is 109 Å². The summed E-state index contributed by atoms with van der Waals surface area (Å²) in [6.45, 7) is 1.95. The van der Waals surface area contributed by atoms with Crippen molar-refractivity contribution in [3.63, 3.8) is 0 Å². The number of fused-ring (bicyclic) bond motifs is 1. The van der Waals surface area contributed by atoms with Gasteiger partial charge in [0, 0.05) is 16.8 Å². The second-order valence-electron chi connectivity index (χ2n) is 4.14. The van der Waals surface area contributed by atoms with Crippen LogP contribution in [-0.4, -0.2) is 14.6 Å². The number of aromatic nitrogens is 3. The Hall–Kier alpha value is -2.07. The molecule has 3 rings (SSSR count). The van der Waals surface area contributed by atoms with Gasteiger partial charge >= 0.3 is 0 Å². The number of hydrogen-bond acceptors (Lipinski definition) is 3. The van der Waals surface area contributed by atoms with Crippen LogP contribution in [0.1, 0.15) is 5.56 Å². The van der Waals surface area contributed by atoms with E-state index < -0.39 is 0 Å². The van der Waals surface area contributed by atoms with E-state index in [2.05, 4.69) is 10.2 Å². The van der Waals surface area contributed by atoms with Crippen molar-refractivity contribution in [3.05, 3.63) is 47.1 Å². The number of benzene rings is 1. The Morgan fingerprint density at radius 1 is 1.22 bits per heavy atom. The van der Waals surface area contributed by atoms with Crippen molar-refractivity contribution in [2.75, 3.05) is 5.73 Å². The Morgan fingerprint density at radius 2 is 2.06 bits per heavy atom. The lowest BCUT2D eigenvalue weighted by Gasteiger charge is -2.03. The Balaban J connectivity index is 2.28. The second kappa shape index (κ2) is 3.99. The minimum absolute atomic E-state index is 0.651. The van der Waals surface area contributed by atoms with Crippen LogP contribution < -0.4 is 5.73 Å². The molecule has 0 aliphatic carbocycles. The smallest absolute Gasteiger partial charge is 0.184 e. The van der Waals surface area contributed by atoms with Crippen LogP contribution in [0.5, 0.6) is 0 Å². The molecule has 0 spiro atoms. The normalized spacial score (nSPS) is 11.0. The van der Waals surface area contributed by atoms with Gasteiger partial charge in [0.25, 0.3) is 0 Å². The number of rotatable bonds is 1. The topological polar surface area (TPSA) is 56.2 Å². The highest BCUT2D eigenvalue weighted by molar-refractivity contribution is 6.30. The summed E-state index contributed by atoms with van der Waals surface area (Å²) in [5.74, 6) is 0.735. The third kappa shape index (κ3) is 1.62. The van der Waals surface area contributed by atoms with Gasteiger partial charge in [0.2, 0.25) is 0 Å². The molecule has 18 heavy (non-hydrogen) atoms. The lowest BCUT2D eigenvalue weighted by atomic mass is 10.2. The van der Waals surface area contributed by atoms with Gasteiger partial charge in [-0.2, -0.15) is 0 Å². The van der Waals surface area contributed by atoms with Gasteiger partial charge in [-0.1, -0.05) is 23.7 Å². The highest BCUT2D eigenvalue weighted by Gasteiger charge is 2.11. The number of hydrogen-bond donors (Lipinski definition) is 1. The average molecular weight is 259 g/mol. The highest BCUT2D eigenvalue weighted by atomic mass is 35.5. The summed E-state index contributed by atoms with van der Waals surface area (Å²) in [5.41, 5.74) is 9.22. The first kappa shape index (κ1) is 11.0. The Bertz CT molecular complexity index is 733. The molecular weight excluding hydrogens is 248 g/mol. The summed E-state index contributed by atoms with van der Waals surface area (Å²) in [5, 5.41) is 8.98. The zero-order valence-corrected chi connectivity index (χ0v) is 10.5. The molecule has 2 heterocycles. The number of halogens is 1. The summed E-state index contributed by atoms with van der Waals surface area (Å²) in [4.78, 5) is 0. The van der Waals surface area contributed by atoms with Crippen LogP contribution >= 0.6 is 11.6 Å². The molecule has 0 fully saturated rings. The number of nitrogens with zero attached hydrogens (tertiary/aromatic N) is 3. The van der Waals surface area contributed by atoms with Crippen LogP contribution in [0.4, 0.5) is 5.69 Å². The molecule has 0 radical (unpaired) electrons. The van der Waals surface area contributed by atoms with Gasteiger partial charge in [-0.15, -0.1) is 10.2 Å². The van der Waals surface area contributed by atoms with Crippen LogP contribution in [0.25, 0.3) is 17.0 Å². The van der Waals surface area contributed by atoms with Crippen molar-refractivity contribution in [2.45, 2.75) is 6.92 Å². The molecule has 2 N–H and O–H groups in total. The van der Waals surface area contributed by atoms with Crippen LogP contribution in [0.2, 0.25) is 5.02 Å². The third-order valence-corrected chi connectivity index (χ3v) is 3.15. The molecule has 90 valence electrons. The molecule has 0 aliphatic heterocycles. The lowest BCUT2D eigenvalue weighted by molar-refractivity contribution is 1.11. The monoisotopic (exact) mass is 258 g/mol. The summed E-state index contributed by atoms with van der Waals surface area (Å²) < 4.78 is 1.87. The first-order valence-corrected chi connectivity index (χ1v) is 5.90. The van der Waals surface area contributed by atoms with E-state index in [9.17, 15) is 0 Å². The molecular formula is C13H11ClN4. The van der Waals surface area contributed by atoms with Crippen molar-refractivity contribution in [2.24, 2.45) is 0 Å². The maximum absolute atomic E-state index is 5.99. The number of anilines is 1. The molecule has 0 unspecified atom stereocenters. The molecule has 5 heteroatoms. The summed E-state index contributed by atoms with van der Waals surface area (Å²) in [6, 6.07) is 9.45. The van der Waals surface area contributed by atoms with Gasteiger partial charge in [0.15, 0.2) is 11.5 Å². The first-order valence-electron chi connectivity index (χ1n) is 5.52. The Kier molecular flexibility index (Phi) is 2.45. The van der Waals surface area contributed by atoms with E-state index in [4.69, 9.17) is 17.3 Å². The molecule has 2 aromatic heterocycles. The first-order chi connectivity index (χ1) is 8.66. The molecule has 0 saturated heterocycles. The van der Waals surface area contributed by atoms with E-state index in [-0.39, 0.29) is 0 Å². The van der Waals surface area contributed by atoms with E-state index in [0.29, 0.717) is 16.4 Å². The van der Waals surface area contributed by atoms with E-state index >= 15 is 0 Å². The minimum Gasteiger partial charge on any atom is -0.395 e. The zero-order valence-electron chi connectivity index (χ0n) is 9.76. The zero-order chi connectivity index (χ0) is 12.7. The largest absolute Gasteiger partial charge is 0.395 e. The summed E-state index contributed by atoms with van der Waals surface area (Å²) in [6.07, 6.45) is 1.91. The molecule has 0 aliphatic rings. The van der Waals surface area contributed by atoms with Gasteiger partial charge in [-0.25, -0.2) is 0 Å². The standard InChI is InChI=1S/C13H11ClN4/c1-8-5-6-18-12(16-17-13(18)11(8)15)9-3-2-4-10(14)7-9/h2-7H,15H2,1H3. The van der Waals surface area contributed by atoms with E-state index in [1.54, 1.807) is 0 Å². The Morgan fingerprint density at radius 3 is 2.83 bits per heavy atom. The fourth-order valence-electron chi connectivity index (χ4n) is 1.89. The van der Waals surface area contributed by atoms with E-state index in [1.807, 2.05) is 47.9 Å². The number of aryl methyl sites for hydroxylation is 1. The predicted molar refractivity (Wildman–Crippen MR) is 72.6 cm³/mol. The fraction of sp³-hybridized carbons (Fsp3) is 0.0769. The highest BCUT2D eigenvalue weighted by Crippen LogP contribution is 2.24. The second-order valence-corrected chi connectivity index (χ2v) is 4.58. The van der Waals surface area contributed by atoms with Crippen molar-refractivity contribution >= 4 is 22.9 Å². The molecule has 1 aromatic carbocycles. The van der Waals surface area contributed by atoms with Crippen LogP contribution in [0.15, 0.2) is 36.5 Å². The summed E-state index contributed by atoms with van der Waals surface area (Å²) in [7, 11) is 0. The maximum Gasteiger partial charge on any atom is 0.184 e. The number of nitrogen functional groups attached to an aromatic ring is 1. The van der Waals surface area contributed by atoms with E-state index in [1.165, 1.54) is 0 Å². The molecule has 0 amide bonds. The van der Waals surface area contributed by atoms with Crippen molar-refractivity contribution < 1.29 is 0 Å². The van der Waals surface area contributed by atoms with E-state index in [0.717, 1.165) is 17.0 Å². The molecule has 0 atom stereocenters. The average Bonchev–Trinajstić information content (AvgIpc) is 2.78. The maximum atomic E-state index is 5.99. The van der Waals surface area contributed by atoms with Gasteiger partial charge in [0.05, 0.1) is 5.69 Å². The van der Waals surface area contributed by atoms with Crippen molar-refractivity contribution in [1.29, 1.82) is 0 Å². The predicted octanol–water partition coefficient (Wildman–Crippen LogP) is 2.94. The van der Waals surface area contributed by atoms with Crippen molar-refractivity contribution in [3.8, 4) is 11.4 Å². The summed E-state index contributed by atoms with van der Waals surface area (Å²) >= 11 is 5.99. The number of nitrogens with two attached hydrogens (primary N) is 1. The molecule has 3 aromatic rings. The van der Waals surface area contributed by atoms with Gasteiger partial charge in [-0.05, 0) is 30.7 Å². The molecule has 0 saturated carbocycles. The van der Waals surface area contributed by atoms with Crippen LogP contribution in [0.3, 0.4) is 0 Å². The minimum atomic E-state index is 0.651. The SMILES string of the molecule is Cc1ccn2c(-c3cccc(Cl)c3)nnc2c1N. The van der Waals surface area contributed by atoms with Crippen LogP contribution in [0, 0.1) is 6.92 Å². The van der Waals surface area contributed by atoms with Gasteiger partial charge in [0.1, 0.15) is 0 Å². The molecule has 0 bridgehead atoms. The van der Waals surface area contributed by atoms with Gasteiger partial charge in [-0.3, -0.25) is 4.40 Å². The molecule has 4 nitrogen and oxygen atoms in total. The third-order valence-electron chi connectivity index (χ3n) is 2.92. The number of pyridine rings is 1. The fourth-order valence-corrected chi connectivity index (χ4v) is 2.08. The quantitative estimate of drug-likeness (QED) is 0.730. The van der Waals surface area contributed by atoms with Crippen LogP contribution in [-0.2, 0) is 0 Å². The van der Waals surface area contributed by atoms with Gasteiger partial charge < -0.3 is 5.73 Å². The lowest BCUT2D eigenvalue weighted by Crippen LogP contribution is -1.96.